The van der Waals surface area contributed by atoms with E-state index in [2.05, 4.69) is 21.2 Å². The molecule has 2 aromatic rings. The first-order valence-electron chi connectivity index (χ1n) is 6.40. The van der Waals surface area contributed by atoms with Crippen LogP contribution in [0.2, 0.25) is 0 Å². The van der Waals surface area contributed by atoms with E-state index in [4.69, 9.17) is 0 Å². The zero-order valence-electron chi connectivity index (χ0n) is 11.1. The Morgan fingerprint density at radius 1 is 1.05 bits per heavy atom. The second-order valence-electron chi connectivity index (χ2n) is 4.53. The largest absolute Gasteiger partial charge is 0.480 e. The second kappa shape index (κ2) is 7.04. The van der Waals surface area contributed by atoms with E-state index in [1.807, 2.05) is 30.3 Å². The fourth-order valence-electron chi connectivity index (χ4n) is 1.93. The van der Waals surface area contributed by atoms with Crippen molar-refractivity contribution in [2.45, 2.75) is 12.5 Å². The molecule has 2 N–H and O–H groups in total. The zero-order chi connectivity index (χ0) is 15.2. The molecule has 0 unspecified atom stereocenters. The highest BCUT2D eigenvalue weighted by atomic mass is 79.9. The van der Waals surface area contributed by atoms with Gasteiger partial charge in [0.25, 0.3) is 5.91 Å². The Bertz CT molecular complexity index is 643. The normalized spacial score (nSPS) is 11.7. The summed E-state index contributed by atoms with van der Waals surface area (Å²) in [6.07, 6.45) is 0.242. The molecule has 0 bridgehead atoms. The highest BCUT2D eigenvalue weighted by molar-refractivity contribution is 9.10. The van der Waals surface area contributed by atoms with Crippen molar-refractivity contribution in [3.63, 3.8) is 0 Å². The summed E-state index contributed by atoms with van der Waals surface area (Å²) in [5.41, 5.74) is 1.27. The number of carboxylic acids is 1. The molecular weight excluding hydrogens is 334 g/mol. The number of carbonyl (C=O) groups excluding carboxylic acids is 1. The number of amides is 1. The van der Waals surface area contributed by atoms with E-state index < -0.39 is 17.9 Å². The summed E-state index contributed by atoms with van der Waals surface area (Å²) in [4.78, 5) is 23.5. The minimum atomic E-state index is -1.06. The lowest BCUT2D eigenvalue weighted by molar-refractivity contribution is -0.139. The van der Waals surface area contributed by atoms with Crippen LogP contribution in [0.5, 0.6) is 0 Å². The van der Waals surface area contributed by atoms with Crippen molar-refractivity contribution in [3.05, 3.63) is 70.2 Å². The van der Waals surface area contributed by atoms with Gasteiger partial charge in [0.05, 0.1) is 5.56 Å². The third kappa shape index (κ3) is 4.16. The number of carboxylic acid groups (broad SMARTS) is 1. The lowest BCUT2D eigenvalue weighted by Gasteiger charge is -2.15. The summed E-state index contributed by atoms with van der Waals surface area (Å²) >= 11 is 3.28. The van der Waals surface area contributed by atoms with Crippen LogP contribution in [0, 0.1) is 0 Å². The van der Waals surface area contributed by atoms with E-state index in [-0.39, 0.29) is 6.42 Å². The van der Waals surface area contributed by atoms with Crippen LogP contribution in [0.4, 0.5) is 0 Å². The molecule has 0 saturated heterocycles. The van der Waals surface area contributed by atoms with Gasteiger partial charge in [0.15, 0.2) is 0 Å². The lowest BCUT2D eigenvalue weighted by atomic mass is 10.1. The average molecular weight is 348 g/mol. The van der Waals surface area contributed by atoms with Crippen LogP contribution >= 0.6 is 15.9 Å². The number of hydrogen-bond donors (Lipinski definition) is 2. The van der Waals surface area contributed by atoms with Crippen LogP contribution in [0.3, 0.4) is 0 Å². The molecule has 0 aromatic heterocycles. The SMILES string of the molecule is O=C(N[C@H](Cc1ccccc1)C(=O)O)c1ccccc1Br. The monoisotopic (exact) mass is 347 g/mol. The Morgan fingerprint density at radius 2 is 1.67 bits per heavy atom. The summed E-state index contributed by atoms with van der Waals surface area (Å²) in [7, 11) is 0. The van der Waals surface area contributed by atoms with E-state index in [1.165, 1.54) is 0 Å². The van der Waals surface area contributed by atoms with Gasteiger partial charge in [-0.2, -0.15) is 0 Å². The first-order valence-corrected chi connectivity index (χ1v) is 7.19. The summed E-state index contributed by atoms with van der Waals surface area (Å²) in [5, 5.41) is 11.8. The molecule has 5 heteroatoms. The third-order valence-corrected chi connectivity index (χ3v) is 3.70. The molecule has 0 spiro atoms. The maximum Gasteiger partial charge on any atom is 0.326 e. The molecule has 0 saturated carbocycles. The Labute approximate surface area is 130 Å². The molecule has 0 heterocycles. The van der Waals surface area contributed by atoms with Gasteiger partial charge < -0.3 is 10.4 Å². The van der Waals surface area contributed by atoms with Crippen molar-refractivity contribution in [1.82, 2.24) is 5.32 Å². The van der Waals surface area contributed by atoms with Gasteiger partial charge in [-0.25, -0.2) is 4.79 Å². The van der Waals surface area contributed by atoms with Crippen molar-refractivity contribution in [1.29, 1.82) is 0 Å². The molecular formula is C16H14BrNO3. The van der Waals surface area contributed by atoms with Crippen LogP contribution in [0.1, 0.15) is 15.9 Å². The van der Waals surface area contributed by atoms with Crippen molar-refractivity contribution in [2.24, 2.45) is 0 Å². The lowest BCUT2D eigenvalue weighted by Crippen LogP contribution is -2.42. The van der Waals surface area contributed by atoms with Crippen LogP contribution in [0.25, 0.3) is 0 Å². The molecule has 4 nitrogen and oxygen atoms in total. The minimum Gasteiger partial charge on any atom is -0.480 e. The molecule has 0 fully saturated rings. The van der Waals surface area contributed by atoms with Gasteiger partial charge in [-0.1, -0.05) is 42.5 Å². The predicted molar refractivity (Wildman–Crippen MR) is 83.2 cm³/mol. The van der Waals surface area contributed by atoms with Crippen LogP contribution in [-0.2, 0) is 11.2 Å². The summed E-state index contributed by atoms with van der Waals surface area (Å²) in [5.74, 6) is -1.47. The fourth-order valence-corrected chi connectivity index (χ4v) is 2.40. The quantitative estimate of drug-likeness (QED) is 0.873. The van der Waals surface area contributed by atoms with Gasteiger partial charge in [0.1, 0.15) is 6.04 Å². The van der Waals surface area contributed by atoms with Gasteiger partial charge in [0, 0.05) is 10.9 Å². The van der Waals surface area contributed by atoms with E-state index in [9.17, 15) is 14.7 Å². The Hall–Kier alpha value is -2.14. The number of halogens is 1. The summed E-state index contributed by atoms with van der Waals surface area (Å²) < 4.78 is 0.631. The minimum absolute atomic E-state index is 0.242. The number of carbonyl (C=O) groups is 2. The molecule has 1 amide bonds. The Kier molecular flexibility index (Phi) is 5.11. The molecule has 0 aliphatic carbocycles. The Balaban J connectivity index is 2.12. The zero-order valence-corrected chi connectivity index (χ0v) is 12.7. The molecule has 2 aromatic carbocycles. The van der Waals surface area contributed by atoms with E-state index in [1.54, 1.807) is 24.3 Å². The maximum atomic E-state index is 12.2. The first kappa shape index (κ1) is 15.3. The number of nitrogens with one attached hydrogen (secondary N) is 1. The number of aliphatic carboxylic acids is 1. The van der Waals surface area contributed by atoms with Crippen molar-refractivity contribution in [2.75, 3.05) is 0 Å². The molecule has 0 aliphatic heterocycles. The number of hydrogen-bond acceptors (Lipinski definition) is 2. The molecule has 21 heavy (non-hydrogen) atoms. The standard InChI is InChI=1S/C16H14BrNO3/c17-13-9-5-4-8-12(13)15(19)18-14(16(20)21)10-11-6-2-1-3-7-11/h1-9,14H,10H2,(H,18,19)(H,20,21)/t14-/m1/s1. The third-order valence-electron chi connectivity index (χ3n) is 3.00. The molecule has 1 atom stereocenters. The van der Waals surface area contributed by atoms with Gasteiger partial charge in [-0.3, -0.25) is 4.79 Å². The van der Waals surface area contributed by atoms with E-state index in [0.29, 0.717) is 10.0 Å². The average Bonchev–Trinajstić information content (AvgIpc) is 2.48. The molecule has 2 rings (SSSR count). The van der Waals surface area contributed by atoms with Gasteiger partial charge in [-0.05, 0) is 33.6 Å². The van der Waals surface area contributed by atoms with Gasteiger partial charge in [-0.15, -0.1) is 0 Å². The molecule has 0 radical (unpaired) electrons. The van der Waals surface area contributed by atoms with Gasteiger partial charge >= 0.3 is 5.97 Å². The molecule has 0 aliphatic rings. The van der Waals surface area contributed by atoms with Crippen LogP contribution in [-0.4, -0.2) is 23.0 Å². The van der Waals surface area contributed by atoms with Crippen molar-refractivity contribution < 1.29 is 14.7 Å². The highest BCUT2D eigenvalue weighted by Crippen LogP contribution is 2.16. The maximum absolute atomic E-state index is 12.2. The van der Waals surface area contributed by atoms with Crippen molar-refractivity contribution in [3.8, 4) is 0 Å². The van der Waals surface area contributed by atoms with E-state index >= 15 is 0 Å². The van der Waals surface area contributed by atoms with Crippen LogP contribution < -0.4 is 5.32 Å². The summed E-state index contributed by atoms with van der Waals surface area (Å²) in [6, 6.07) is 15.1. The Morgan fingerprint density at radius 3 is 2.29 bits per heavy atom. The first-order chi connectivity index (χ1) is 10.1. The summed E-state index contributed by atoms with van der Waals surface area (Å²) in [6.45, 7) is 0. The van der Waals surface area contributed by atoms with Crippen LogP contribution in [0.15, 0.2) is 59.1 Å². The van der Waals surface area contributed by atoms with E-state index in [0.717, 1.165) is 5.56 Å². The molecule has 108 valence electrons. The fraction of sp³-hybridized carbons (Fsp3) is 0.125. The number of rotatable bonds is 5. The smallest absolute Gasteiger partial charge is 0.326 e. The predicted octanol–water partition coefficient (Wildman–Crippen LogP) is 2.87. The number of benzene rings is 2. The topological polar surface area (TPSA) is 66.4 Å². The highest BCUT2D eigenvalue weighted by Gasteiger charge is 2.21. The van der Waals surface area contributed by atoms with Crippen molar-refractivity contribution >= 4 is 27.8 Å². The van der Waals surface area contributed by atoms with Gasteiger partial charge in [0.2, 0.25) is 0 Å². The second-order valence-corrected chi connectivity index (χ2v) is 5.39.